The van der Waals surface area contributed by atoms with Gasteiger partial charge in [-0.2, -0.15) is 0 Å². The van der Waals surface area contributed by atoms with Crippen LogP contribution in [0.1, 0.15) is 39.5 Å². The lowest BCUT2D eigenvalue weighted by atomic mass is 10.2. The molecule has 12 heavy (non-hydrogen) atoms. The molecule has 2 unspecified atom stereocenters. The van der Waals surface area contributed by atoms with Crippen LogP contribution in [-0.2, 0) is 10.8 Å². The highest BCUT2D eigenvalue weighted by molar-refractivity contribution is 7.84. The summed E-state index contributed by atoms with van der Waals surface area (Å²) in [5, 5.41) is 0. The molecule has 0 aliphatic heterocycles. The summed E-state index contributed by atoms with van der Waals surface area (Å²) in [7, 11) is -0.592. The molecule has 74 valence electrons. The van der Waals surface area contributed by atoms with Crippen LogP contribution in [0.25, 0.3) is 0 Å². The van der Waals surface area contributed by atoms with Crippen LogP contribution in [0.4, 0.5) is 0 Å². The van der Waals surface area contributed by atoms with Crippen molar-refractivity contribution in [2.75, 3.05) is 11.5 Å². The van der Waals surface area contributed by atoms with Crippen molar-refractivity contribution in [2.45, 2.75) is 45.6 Å². The van der Waals surface area contributed by atoms with Gasteiger partial charge in [0.1, 0.15) is 0 Å². The Labute approximate surface area is 78.4 Å². The van der Waals surface area contributed by atoms with Gasteiger partial charge in [-0.05, 0) is 26.2 Å². The average Bonchev–Trinajstić information content (AvgIpc) is 2.00. The number of hydrogen-bond acceptors (Lipinski definition) is 2. The van der Waals surface area contributed by atoms with E-state index in [1.165, 1.54) is 0 Å². The monoisotopic (exact) mass is 191 g/mol. The Morgan fingerprint density at radius 2 is 1.92 bits per heavy atom. The lowest BCUT2D eigenvalue weighted by molar-refractivity contribution is 0.642. The Morgan fingerprint density at radius 1 is 1.33 bits per heavy atom. The van der Waals surface area contributed by atoms with E-state index in [0.29, 0.717) is 0 Å². The summed E-state index contributed by atoms with van der Waals surface area (Å²) in [4.78, 5) is 0. The zero-order chi connectivity index (χ0) is 9.40. The van der Waals surface area contributed by atoms with Gasteiger partial charge in [-0.3, -0.25) is 4.21 Å². The second-order valence-electron chi connectivity index (χ2n) is 3.32. The Morgan fingerprint density at radius 3 is 2.42 bits per heavy atom. The van der Waals surface area contributed by atoms with E-state index in [1.807, 2.05) is 6.92 Å². The van der Waals surface area contributed by atoms with Gasteiger partial charge in [0.05, 0.1) is 0 Å². The third-order valence-electron chi connectivity index (χ3n) is 1.76. The van der Waals surface area contributed by atoms with Gasteiger partial charge in [-0.25, -0.2) is 0 Å². The van der Waals surface area contributed by atoms with E-state index < -0.39 is 10.8 Å². The molecule has 0 aliphatic carbocycles. The fourth-order valence-corrected chi connectivity index (χ4v) is 2.28. The molecule has 2 nitrogen and oxygen atoms in total. The second kappa shape index (κ2) is 7.74. The molecule has 0 saturated heterocycles. The summed E-state index contributed by atoms with van der Waals surface area (Å²) in [5.74, 6) is 1.71. The average molecular weight is 191 g/mol. The number of nitrogens with two attached hydrogens (primary N) is 1. The molecule has 0 aliphatic rings. The first-order valence-electron chi connectivity index (χ1n) is 4.77. The molecule has 3 heteroatoms. The van der Waals surface area contributed by atoms with E-state index in [2.05, 4.69) is 6.92 Å². The molecule has 0 amide bonds. The van der Waals surface area contributed by atoms with Crippen molar-refractivity contribution in [3.8, 4) is 0 Å². The molecule has 0 fully saturated rings. The van der Waals surface area contributed by atoms with Crippen molar-refractivity contribution < 1.29 is 4.21 Å². The summed E-state index contributed by atoms with van der Waals surface area (Å²) in [6.07, 6.45) is 4.23. The normalized spacial score (nSPS) is 15.9. The summed E-state index contributed by atoms with van der Waals surface area (Å²) < 4.78 is 11.3. The fourth-order valence-electron chi connectivity index (χ4n) is 0.974. The molecule has 0 spiro atoms. The van der Waals surface area contributed by atoms with E-state index in [-0.39, 0.29) is 6.04 Å². The van der Waals surface area contributed by atoms with Crippen molar-refractivity contribution in [1.29, 1.82) is 0 Å². The summed E-state index contributed by atoms with van der Waals surface area (Å²) in [5.41, 5.74) is 5.58. The van der Waals surface area contributed by atoms with E-state index in [1.54, 1.807) is 0 Å². The van der Waals surface area contributed by atoms with Gasteiger partial charge < -0.3 is 5.73 Å². The third kappa shape index (κ3) is 8.21. The molecule has 2 atom stereocenters. The Kier molecular flexibility index (Phi) is 7.81. The van der Waals surface area contributed by atoms with Crippen LogP contribution in [-0.4, -0.2) is 21.8 Å². The molecule has 0 bridgehead atoms. The smallest absolute Gasteiger partial charge is 0.0235 e. The van der Waals surface area contributed by atoms with Crippen molar-refractivity contribution in [3.05, 3.63) is 0 Å². The lowest BCUT2D eigenvalue weighted by Crippen LogP contribution is -2.15. The highest BCUT2D eigenvalue weighted by Crippen LogP contribution is 1.98. The van der Waals surface area contributed by atoms with Crippen LogP contribution >= 0.6 is 0 Å². The first-order valence-corrected chi connectivity index (χ1v) is 6.26. The largest absolute Gasteiger partial charge is 0.328 e. The molecule has 2 N–H and O–H groups in total. The summed E-state index contributed by atoms with van der Waals surface area (Å²) in [6, 6.07) is 0.258. The molecule has 0 radical (unpaired) electrons. The number of hydrogen-bond donors (Lipinski definition) is 1. The van der Waals surface area contributed by atoms with Crippen LogP contribution in [0.3, 0.4) is 0 Å². The molecule has 0 rings (SSSR count). The van der Waals surface area contributed by atoms with Crippen molar-refractivity contribution >= 4 is 10.8 Å². The maximum absolute atomic E-state index is 11.3. The van der Waals surface area contributed by atoms with Crippen LogP contribution in [0.5, 0.6) is 0 Å². The fraction of sp³-hybridized carbons (Fsp3) is 1.00. The van der Waals surface area contributed by atoms with Gasteiger partial charge in [0.2, 0.25) is 0 Å². The maximum atomic E-state index is 11.3. The van der Waals surface area contributed by atoms with Gasteiger partial charge in [0.15, 0.2) is 0 Å². The minimum absolute atomic E-state index is 0.258. The van der Waals surface area contributed by atoms with E-state index in [0.717, 1.165) is 37.2 Å². The molecule has 0 heterocycles. The maximum Gasteiger partial charge on any atom is 0.0235 e. The van der Waals surface area contributed by atoms with Crippen molar-refractivity contribution in [2.24, 2.45) is 5.73 Å². The predicted octanol–water partition coefficient (Wildman–Crippen LogP) is 1.66. The molecular weight excluding hydrogens is 170 g/mol. The van der Waals surface area contributed by atoms with Crippen LogP contribution < -0.4 is 5.73 Å². The summed E-state index contributed by atoms with van der Waals surface area (Å²) >= 11 is 0. The van der Waals surface area contributed by atoms with Crippen molar-refractivity contribution in [3.63, 3.8) is 0 Å². The van der Waals surface area contributed by atoms with Gasteiger partial charge in [0, 0.05) is 28.3 Å². The summed E-state index contributed by atoms with van der Waals surface area (Å²) in [6.45, 7) is 4.12. The first kappa shape index (κ1) is 12.1. The van der Waals surface area contributed by atoms with Crippen LogP contribution in [0.2, 0.25) is 0 Å². The zero-order valence-corrected chi connectivity index (χ0v) is 9.03. The van der Waals surface area contributed by atoms with Gasteiger partial charge in [-0.15, -0.1) is 0 Å². The van der Waals surface area contributed by atoms with Gasteiger partial charge >= 0.3 is 0 Å². The molecular formula is C9H21NOS. The standard InChI is InChI=1S/C9H21NOS/c1-3-4-7-12(11)8-5-6-9(2)10/h9H,3-8,10H2,1-2H3. The topological polar surface area (TPSA) is 43.1 Å². The minimum Gasteiger partial charge on any atom is -0.328 e. The first-order chi connectivity index (χ1) is 5.66. The molecule has 0 aromatic carbocycles. The third-order valence-corrected chi connectivity index (χ3v) is 3.25. The highest BCUT2D eigenvalue weighted by atomic mass is 32.2. The molecule has 0 saturated carbocycles. The van der Waals surface area contributed by atoms with Crippen LogP contribution in [0.15, 0.2) is 0 Å². The number of rotatable bonds is 7. The lowest BCUT2D eigenvalue weighted by Gasteiger charge is -2.04. The Bertz CT molecular complexity index is 126. The van der Waals surface area contributed by atoms with E-state index >= 15 is 0 Å². The highest BCUT2D eigenvalue weighted by Gasteiger charge is 2.00. The predicted molar refractivity (Wildman–Crippen MR) is 55.7 cm³/mol. The Balaban J connectivity index is 3.20. The zero-order valence-electron chi connectivity index (χ0n) is 8.21. The molecule has 0 aromatic heterocycles. The van der Waals surface area contributed by atoms with Crippen molar-refractivity contribution in [1.82, 2.24) is 0 Å². The van der Waals surface area contributed by atoms with E-state index in [4.69, 9.17) is 5.73 Å². The minimum atomic E-state index is -0.592. The van der Waals surface area contributed by atoms with Gasteiger partial charge in [0.25, 0.3) is 0 Å². The SMILES string of the molecule is CCCCS(=O)CCCC(C)N. The molecule has 0 aromatic rings. The Hall–Kier alpha value is 0.110. The quantitative estimate of drug-likeness (QED) is 0.665. The van der Waals surface area contributed by atoms with E-state index in [9.17, 15) is 4.21 Å². The van der Waals surface area contributed by atoms with Crippen LogP contribution in [0, 0.1) is 0 Å². The number of unbranched alkanes of at least 4 members (excludes halogenated alkanes) is 1. The van der Waals surface area contributed by atoms with Gasteiger partial charge in [-0.1, -0.05) is 13.3 Å². The second-order valence-corrected chi connectivity index (χ2v) is 5.02.